The lowest BCUT2D eigenvalue weighted by atomic mass is 10.2. The van der Waals surface area contributed by atoms with Gasteiger partial charge in [0.25, 0.3) is 5.69 Å². The Bertz CT molecular complexity index is 920. The van der Waals surface area contributed by atoms with E-state index in [4.69, 9.17) is 16.0 Å². The number of hydrogen-bond donors (Lipinski definition) is 0. The van der Waals surface area contributed by atoms with Gasteiger partial charge in [-0.25, -0.2) is 9.37 Å². The maximum atomic E-state index is 12.9. The summed E-state index contributed by atoms with van der Waals surface area (Å²) in [6.07, 6.45) is 3.00. The Hall–Kier alpha value is -2.99. The molecule has 5 nitrogen and oxygen atoms in total. The van der Waals surface area contributed by atoms with Crippen LogP contribution in [0.1, 0.15) is 11.5 Å². The molecule has 1 aromatic heterocycles. The van der Waals surface area contributed by atoms with Crippen molar-refractivity contribution in [3.05, 3.63) is 82.1 Å². The van der Waals surface area contributed by atoms with Crippen molar-refractivity contribution in [2.45, 2.75) is 0 Å². The number of aromatic nitrogens is 1. The molecular formula is C17H10ClFN2O3. The second kappa shape index (κ2) is 6.64. The van der Waals surface area contributed by atoms with Gasteiger partial charge in [0, 0.05) is 17.7 Å². The van der Waals surface area contributed by atoms with Gasteiger partial charge in [0.05, 0.1) is 11.1 Å². The van der Waals surface area contributed by atoms with Gasteiger partial charge in [0.2, 0.25) is 5.89 Å². The zero-order valence-corrected chi connectivity index (χ0v) is 12.9. The molecule has 3 aromatic rings. The van der Waals surface area contributed by atoms with E-state index in [0.29, 0.717) is 16.9 Å². The summed E-state index contributed by atoms with van der Waals surface area (Å²) in [4.78, 5) is 14.4. The van der Waals surface area contributed by atoms with Crippen LogP contribution in [0.3, 0.4) is 0 Å². The van der Waals surface area contributed by atoms with Gasteiger partial charge in [0.1, 0.15) is 10.8 Å². The monoisotopic (exact) mass is 344 g/mol. The zero-order valence-electron chi connectivity index (χ0n) is 12.1. The van der Waals surface area contributed by atoms with Crippen LogP contribution in [-0.2, 0) is 0 Å². The molecule has 1 heterocycles. The van der Waals surface area contributed by atoms with Crippen molar-refractivity contribution in [3.8, 4) is 11.3 Å². The number of nitrogens with zero attached hydrogens (tertiary/aromatic N) is 2. The lowest BCUT2D eigenvalue weighted by Gasteiger charge is -1.97. The number of non-ortho nitro benzene ring substituents is 1. The van der Waals surface area contributed by atoms with Crippen molar-refractivity contribution in [2.75, 3.05) is 0 Å². The van der Waals surface area contributed by atoms with E-state index in [1.165, 1.54) is 36.5 Å². The summed E-state index contributed by atoms with van der Waals surface area (Å²) in [7, 11) is 0. The fourth-order valence-electron chi connectivity index (χ4n) is 2.07. The number of benzene rings is 2. The lowest BCUT2D eigenvalue weighted by molar-refractivity contribution is -0.384. The minimum Gasteiger partial charge on any atom is -0.435 e. The van der Waals surface area contributed by atoms with Crippen molar-refractivity contribution in [1.82, 2.24) is 4.98 Å². The van der Waals surface area contributed by atoms with E-state index in [1.807, 2.05) is 0 Å². The minimum atomic E-state index is -0.483. The molecule has 0 saturated heterocycles. The molecule has 0 aliphatic rings. The molecule has 0 N–H and O–H groups in total. The molecule has 0 bridgehead atoms. The molecule has 0 radical (unpaired) electrons. The quantitative estimate of drug-likeness (QED) is 0.486. The van der Waals surface area contributed by atoms with E-state index >= 15 is 0 Å². The highest BCUT2D eigenvalue weighted by Gasteiger charge is 2.11. The number of rotatable bonds is 4. The number of nitro benzene ring substituents is 1. The van der Waals surface area contributed by atoms with Crippen LogP contribution in [0, 0.1) is 15.9 Å². The standard InChI is InChI=1S/C17H10ClFN2O3/c18-15(9-11-2-1-3-14(8-11)21(22)23)17-20-10-16(24-17)12-4-6-13(19)7-5-12/h1-10H/b15-9-. The van der Waals surface area contributed by atoms with Gasteiger partial charge in [-0.15, -0.1) is 0 Å². The third-order valence-electron chi connectivity index (χ3n) is 3.21. The van der Waals surface area contributed by atoms with Gasteiger partial charge in [-0.2, -0.15) is 0 Å². The minimum absolute atomic E-state index is 0.0346. The van der Waals surface area contributed by atoms with Crippen molar-refractivity contribution < 1.29 is 13.7 Å². The van der Waals surface area contributed by atoms with Crippen molar-refractivity contribution in [3.63, 3.8) is 0 Å². The Labute approximate surface area is 141 Å². The van der Waals surface area contributed by atoms with E-state index in [-0.39, 0.29) is 22.4 Å². The summed E-state index contributed by atoms with van der Waals surface area (Å²) in [5.74, 6) is 0.264. The van der Waals surface area contributed by atoms with Gasteiger partial charge in [-0.05, 0) is 35.9 Å². The molecule has 7 heteroatoms. The maximum Gasteiger partial charge on any atom is 0.270 e. The van der Waals surface area contributed by atoms with Crippen molar-refractivity contribution in [1.29, 1.82) is 0 Å². The Morgan fingerprint density at radius 1 is 1.25 bits per heavy atom. The number of nitro groups is 1. The summed E-state index contributed by atoms with van der Waals surface area (Å²) in [6, 6.07) is 11.8. The van der Waals surface area contributed by atoms with Crippen LogP contribution in [0.15, 0.2) is 59.1 Å². The molecule has 3 rings (SSSR count). The molecule has 0 amide bonds. The topological polar surface area (TPSA) is 69.2 Å². The summed E-state index contributed by atoms with van der Waals surface area (Å²) in [6.45, 7) is 0. The summed E-state index contributed by atoms with van der Waals surface area (Å²) in [5, 5.41) is 11.0. The summed E-state index contributed by atoms with van der Waals surface area (Å²) < 4.78 is 18.5. The van der Waals surface area contributed by atoms with E-state index in [2.05, 4.69) is 4.98 Å². The largest absolute Gasteiger partial charge is 0.435 e. The maximum absolute atomic E-state index is 12.9. The first-order valence-electron chi connectivity index (χ1n) is 6.87. The Kier molecular flexibility index (Phi) is 4.39. The first-order chi connectivity index (χ1) is 11.5. The van der Waals surface area contributed by atoms with Crippen LogP contribution in [-0.4, -0.2) is 9.91 Å². The molecule has 0 aliphatic carbocycles. The van der Waals surface area contributed by atoms with Crippen LogP contribution >= 0.6 is 11.6 Å². The second-order valence-corrected chi connectivity index (χ2v) is 5.29. The molecule has 2 aromatic carbocycles. The van der Waals surface area contributed by atoms with E-state index in [9.17, 15) is 14.5 Å². The predicted octanol–water partition coefficient (Wildman–Crippen LogP) is 5.13. The van der Waals surface area contributed by atoms with Crippen LogP contribution < -0.4 is 0 Å². The van der Waals surface area contributed by atoms with Gasteiger partial charge < -0.3 is 4.42 Å². The average Bonchev–Trinajstić information content (AvgIpc) is 3.06. The fraction of sp³-hybridized carbons (Fsp3) is 0. The first-order valence-corrected chi connectivity index (χ1v) is 7.24. The van der Waals surface area contributed by atoms with E-state index in [1.54, 1.807) is 24.3 Å². The van der Waals surface area contributed by atoms with E-state index < -0.39 is 4.92 Å². The Balaban J connectivity index is 1.88. The number of oxazole rings is 1. The van der Waals surface area contributed by atoms with Gasteiger partial charge in [-0.1, -0.05) is 23.7 Å². The second-order valence-electron chi connectivity index (χ2n) is 4.88. The average molecular weight is 345 g/mol. The zero-order chi connectivity index (χ0) is 17.1. The highest BCUT2D eigenvalue weighted by atomic mass is 35.5. The van der Waals surface area contributed by atoms with Crippen LogP contribution in [0.25, 0.3) is 22.4 Å². The summed E-state index contributed by atoms with van der Waals surface area (Å²) in [5.41, 5.74) is 1.18. The third kappa shape index (κ3) is 3.49. The molecule has 120 valence electrons. The molecule has 0 unspecified atom stereocenters. The highest BCUT2D eigenvalue weighted by Crippen LogP contribution is 2.27. The van der Waals surface area contributed by atoms with Crippen LogP contribution in [0.4, 0.5) is 10.1 Å². The molecule has 0 saturated carbocycles. The predicted molar refractivity (Wildman–Crippen MR) is 88.7 cm³/mol. The molecule has 0 spiro atoms. The molecule has 0 atom stereocenters. The summed E-state index contributed by atoms with van der Waals surface area (Å²) >= 11 is 6.17. The first kappa shape index (κ1) is 15.9. The number of hydrogen-bond acceptors (Lipinski definition) is 4. The lowest BCUT2D eigenvalue weighted by Crippen LogP contribution is -1.87. The normalized spacial score (nSPS) is 11.5. The Morgan fingerprint density at radius 3 is 2.71 bits per heavy atom. The van der Waals surface area contributed by atoms with Crippen LogP contribution in [0.2, 0.25) is 0 Å². The van der Waals surface area contributed by atoms with Gasteiger partial charge in [-0.3, -0.25) is 10.1 Å². The van der Waals surface area contributed by atoms with Crippen molar-refractivity contribution >= 4 is 28.4 Å². The fourth-order valence-corrected chi connectivity index (χ4v) is 2.28. The van der Waals surface area contributed by atoms with Gasteiger partial charge >= 0.3 is 0 Å². The molecule has 0 fully saturated rings. The molecule has 0 aliphatic heterocycles. The smallest absolute Gasteiger partial charge is 0.270 e. The highest BCUT2D eigenvalue weighted by molar-refractivity contribution is 6.50. The Morgan fingerprint density at radius 2 is 2.00 bits per heavy atom. The van der Waals surface area contributed by atoms with Gasteiger partial charge in [0.15, 0.2) is 5.76 Å². The van der Waals surface area contributed by atoms with Crippen molar-refractivity contribution in [2.24, 2.45) is 0 Å². The molecular weight excluding hydrogens is 335 g/mol. The third-order valence-corrected chi connectivity index (χ3v) is 3.48. The van der Waals surface area contributed by atoms with Crippen LogP contribution in [0.5, 0.6) is 0 Å². The molecule has 24 heavy (non-hydrogen) atoms. The SMILES string of the molecule is O=[N+]([O-])c1cccc(/C=C(\Cl)c2ncc(-c3ccc(F)cc3)o2)c1. The number of halogens is 2. The van der Waals surface area contributed by atoms with E-state index in [0.717, 1.165) is 0 Å².